The minimum absolute atomic E-state index is 0.0703. The summed E-state index contributed by atoms with van der Waals surface area (Å²) in [4.78, 5) is 0. The first-order chi connectivity index (χ1) is 5.22. The van der Waals surface area contributed by atoms with Crippen molar-refractivity contribution in [2.24, 2.45) is 0 Å². The summed E-state index contributed by atoms with van der Waals surface area (Å²) in [6, 6.07) is 0. The van der Waals surface area contributed by atoms with Gasteiger partial charge < -0.3 is 9.84 Å². The fraction of sp³-hybridized carbons (Fsp3) is 0.667. The molecule has 1 aromatic rings. The molecule has 1 rings (SSSR count). The van der Waals surface area contributed by atoms with E-state index in [1.165, 1.54) is 11.3 Å². The number of ether oxygens (including phenoxy) is 1. The van der Waals surface area contributed by atoms with Gasteiger partial charge in [0.05, 0.1) is 12.7 Å². The van der Waals surface area contributed by atoms with Gasteiger partial charge in [0.1, 0.15) is 5.01 Å². The molecule has 0 spiro atoms. The summed E-state index contributed by atoms with van der Waals surface area (Å²) in [5, 5.41) is 17.1. The molecule has 0 bridgehead atoms. The van der Waals surface area contributed by atoms with Crippen LogP contribution in [-0.2, 0) is 6.61 Å². The van der Waals surface area contributed by atoms with Gasteiger partial charge in [-0.1, -0.05) is 16.4 Å². The van der Waals surface area contributed by atoms with Gasteiger partial charge in [0.2, 0.25) is 0 Å². The van der Waals surface area contributed by atoms with Crippen molar-refractivity contribution in [1.29, 1.82) is 0 Å². The molecular weight excluding hydrogens is 164 g/mol. The fourth-order valence-electron chi connectivity index (χ4n) is 0.551. The zero-order valence-electron chi connectivity index (χ0n) is 6.44. The molecule has 0 fully saturated rings. The first-order valence-corrected chi connectivity index (χ1v) is 4.14. The molecule has 4 nitrogen and oxygen atoms in total. The molecule has 1 heterocycles. The summed E-state index contributed by atoms with van der Waals surface area (Å²) >= 11 is 1.27. The molecule has 0 saturated carbocycles. The molecule has 1 aromatic heterocycles. The molecule has 0 aromatic carbocycles. The summed E-state index contributed by atoms with van der Waals surface area (Å²) in [6.07, 6.45) is 0.106. The van der Waals surface area contributed by atoms with E-state index in [1.807, 2.05) is 13.8 Å². The number of hydrogen-bond donors (Lipinski definition) is 1. The van der Waals surface area contributed by atoms with Crippen molar-refractivity contribution >= 4 is 11.3 Å². The van der Waals surface area contributed by atoms with E-state index in [9.17, 15) is 0 Å². The number of aliphatic hydroxyl groups is 1. The first kappa shape index (κ1) is 8.42. The largest absolute Gasteiger partial charge is 0.466 e. The van der Waals surface area contributed by atoms with Crippen LogP contribution in [-0.4, -0.2) is 21.4 Å². The summed E-state index contributed by atoms with van der Waals surface area (Å²) in [5.41, 5.74) is 0. The third-order valence-corrected chi connectivity index (χ3v) is 1.72. The van der Waals surface area contributed by atoms with Crippen LogP contribution >= 0.6 is 11.3 Å². The Morgan fingerprint density at radius 3 is 2.73 bits per heavy atom. The van der Waals surface area contributed by atoms with Crippen molar-refractivity contribution in [3.8, 4) is 5.19 Å². The quantitative estimate of drug-likeness (QED) is 0.737. The standard InChI is InChI=1S/C6H10N2O2S/c1-4(2)10-6-8-7-5(3-9)11-6/h4,9H,3H2,1-2H3. The highest BCUT2D eigenvalue weighted by Gasteiger charge is 2.04. The van der Waals surface area contributed by atoms with E-state index in [0.717, 1.165) is 0 Å². The van der Waals surface area contributed by atoms with Crippen molar-refractivity contribution in [3.63, 3.8) is 0 Å². The molecule has 0 aliphatic rings. The molecule has 0 unspecified atom stereocenters. The Morgan fingerprint density at radius 2 is 2.27 bits per heavy atom. The third-order valence-electron chi connectivity index (χ3n) is 0.920. The van der Waals surface area contributed by atoms with Crippen LogP contribution in [0, 0.1) is 0 Å². The second kappa shape index (κ2) is 3.64. The molecule has 0 radical (unpaired) electrons. The molecular formula is C6H10N2O2S. The molecule has 0 atom stereocenters. The lowest BCUT2D eigenvalue weighted by atomic mass is 10.5. The lowest BCUT2D eigenvalue weighted by Crippen LogP contribution is -2.04. The molecule has 0 saturated heterocycles. The maximum atomic E-state index is 8.64. The SMILES string of the molecule is CC(C)Oc1nnc(CO)s1. The fourth-order valence-corrected chi connectivity index (χ4v) is 1.22. The Morgan fingerprint density at radius 1 is 1.55 bits per heavy atom. The molecule has 5 heteroatoms. The Bertz CT molecular complexity index is 224. The van der Waals surface area contributed by atoms with Gasteiger partial charge >= 0.3 is 0 Å². The third kappa shape index (κ3) is 2.44. The summed E-state index contributed by atoms with van der Waals surface area (Å²) in [5.74, 6) is 0. The van der Waals surface area contributed by atoms with Gasteiger partial charge in [-0.05, 0) is 13.8 Å². The number of rotatable bonds is 3. The maximum Gasteiger partial charge on any atom is 0.294 e. The van der Waals surface area contributed by atoms with E-state index in [0.29, 0.717) is 10.2 Å². The van der Waals surface area contributed by atoms with Crippen LogP contribution in [0.4, 0.5) is 0 Å². The minimum Gasteiger partial charge on any atom is -0.466 e. The van der Waals surface area contributed by atoms with E-state index >= 15 is 0 Å². The van der Waals surface area contributed by atoms with Crippen molar-refractivity contribution in [2.75, 3.05) is 0 Å². The number of aromatic nitrogens is 2. The smallest absolute Gasteiger partial charge is 0.294 e. The zero-order valence-corrected chi connectivity index (χ0v) is 7.26. The van der Waals surface area contributed by atoms with Crippen molar-refractivity contribution in [3.05, 3.63) is 5.01 Å². The van der Waals surface area contributed by atoms with Crippen LogP contribution in [0.3, 0.4) is 0 Å². The van der Waals surface area contributed by atoms with E-state index in [1.54, 1.807) is 0 Å². The predicted molar refractivity (Wildman–Crippen MR) is 41.6 cm³/mol. The number of aliphatic hydroxyl groups excluding tert-OH is 1. The van der Waals surface area contributed by atoms with Crippen LogP contribution in [0.1, 0.15) is 18.9 Å². The van der Waals surface area contributed by atoms with Gasteiger partial charge in [-0.2, -0.15) is 0 Å². The molecule has 11 heavy (non-hydrogen) atoms. The summed E-state index contributed by atoms with van der Waals surface area (Å²) < 4.78 is 5.23. The van der Waals surface area contributed by atoms with Crippen LogP contribution in [0.25, 0.3) is 0 Å². The zero-order chi connectivity index (χ0) is 8.27. The van der Waals surface area contributed by atoms with Gasteiger partial charge in [0, 0.05) is 0 Å². The van der Waals surface area contributed by atoms with E-state index in [2.05, 4.69) is 10.2 Å². The van der Waals surface area contributed by atoms with Crippen LogP contribution in [0.2, 0.25) is 0 Å². The molecule has 0 aliphatic carbocycles. The van der Waals surface area contributed by atoms with Crippen molar-refractivity contribution in [1.82, 2.24) is 10.2 Å². The highest BCUT2D eigenvalue weighted by Crippen LogP contribution is 2.18. The van der Waals surface area contributed by atoms with Gasteiger partial charge in [0.15, 0.2) is 0 Å². The van der Waals surface area contributed by atoms with Gasteiger partial charge in [-0.25, -0.2) is 0 Å². The monoisotopic (exact) mass is 174 g/mol. The molecule has 62 valence electrons. The van der Waals surface area contributed by atoms with Gasteiger partial charge in [-0.3, -0.25) is 0 Å². The summed E-state index contributed by atoms with van der Waals surface area (Å²) in [6.45, 7) is 3.76. The molecule has 0 amide bonds. The van der Waals surface area contributed by atoms with Crippen molar-refractivity contribution in [2.45, 2.75) is 26.6 Å². The van der Waals surface area contributed by atoms with E-state index < -0.39 is 0 Å². The maximum absolute atomic E-state index is 8.64. The first-order valence-electron chi connectivity index (χ1n) is 3.32. The molecule has 1 N–H and O–H groups in total. The van der Waals surface area contributed by atoms with Gasteiger partial charge in [0.25, 0.3) is 5.19 Å². The normalized spacial score (nSPS) is 10.5. The minimum atomic E-state index is -0.0703. The predicted octanol–water partition coefficient (Wildman–Crippen LogP) is 0.818. The Kier molecular flexibility index (Phi) is 2.78. The Hall–Kier alpha value is -0.680. The Balaban J connectivity index is 2.58. The number of nitrogens with zero attached hydrogens (tertiary/aromatic N) is 2. The lowest BCUT2D eigenvalue weighted by Gasteiger charge is -2.02. The van der Waals surface area contributed by atoms with E-state index in [-0.39, 0.29) is 12.7 Å². The topological polar surface area (TPSA) is 55.2 Å². The highest BCUT2D eigenvalue weighted by atomic mass is 32.1. The van der Waals surface area contributed by atoms with Crippen LogP contribution in [0.5, 0.6) is 5.19 Å². The van der Waals surface area contributed by atoms with Crippen LogP contribution < -0.4 is 4.74 Å². The second-order valence-electron chi connectivity index (χ2n) is 2.29. The average molecular weight is 174 g/mol. The Labute approximate surface area is 68.8 Å². The van der Waals surface area contributed by atoms with Crippen LogP contribution in [0.15, 0.2) is 0 Å². The average Bonchev–Trinajstić information content (AvgIpc) is 2.34. The van der Waals surface area contributed by atoms with Crippen molar-refractivity contribution < 1.29 is 9.84 Å². The summed E-state index contributed by atoms with van der Waals surface area (Å²) in [7, 11) is 0. The number of hydrogen-bond acceptors (Lipinski definition) is 5. The molecule has 0 aliphatic heterocycles. The van der Waals surface area contributed by atoms with E-state index in [4.69, 9.17) is 9.84 Å². The highest BCUT2D eigenvalue weighted by molar-refractivity contribution is 7.13. The van der Waals surface area contributed by atoms with Gasteiger partial charge in [-0.15, -0.1) is 5.10 Å². The second-order valence-corrected chi connectivity index (χ2v) is 3.31. The lowest BCUT2D eigenvalue weighted by molar-refractivity contribution is 0.239.